The summed E-state index contributed by atoms with van der Waals surface area (Å²) in [5.74, 6) is 2.21. The summed E-state index contributed by atoms with van der Waals surface area (Å²) in [6.45, 7) is 4.63. The lowest BCUT2D eigenvalue weighted by Gasteiger charge is -2.36. The highest BCUT2D eigenvalue weighted by Crippen LogP contribution is 2.43. The highest BCUT2D eigenvalue weighted by atomic mass is 19.4. The Bertz CT molecular complexity index is 1240. The molecular formula is C24H23F3N6. The third-order valence-electron chi connectivity index (χ3n) is 6.26. The molecule has 1 aliphatic heterocycles. The predicted molar refractivity (Wildman–Crippen MR) is 120 cm³/mol. The van der Waals surface area contributed by atoms with Crippen LogP contribution in [0.2, 0.25) is 0 Å². The summed E-state index contributed by atoms with van der Waals surface area (Å²) >= 11 is 0. The number of anilines is 2. The smallest absolute Gasteiger partial charge is 0.384 e. The van der Waals surface area contributed by atoms with Gasteiger partial charge in [-0.25, -0.2) is 4.98 Å². The Balaban J connectivity index is 1.63. The molecule has 6 nitrogen and oxygen atoms in total. The van der Waals surface area contributed by atoms with E-state index in [2.05, 4.69) is 43.7 Å². The van der Waals surface area contributed by atoms with E-state index in [0.717, 1.165) is 40.6 Å². The molecule has 2 aromatic heterocycles. The number of alkyl halides is 3. The molecule has 5 rings (SSSR count). The zero-order valence-corrected chi connectivity index (χ0v) is 18.2. The van der Waals surface area contributed by atoms with Gasteiger partial charge in [0.15, 0.2) is 0 Å². The second-order valence-corrected chi connectivity index (χ2v) is 8.45. The number of hydrogen-bond donors (Lipinski definition) is 1. The molecule has 0 bridgehead atoms. The Labute approximate surface area is 189 Å². The summed E-state index contributed by atoms with van der Waals surface area (Å²) in [7, 11) is 0. The summed E-state index contributed by atoms with van der Waals surface area (Å²) in [6.07, 6.45) is 2.26. The number of nitrogen functional groups attached to an aromatic ring is 1. The van der Waals surface area contributed by atoms with Gasteiger partial charge in [-0.3, -0.25) is 0 Å². The molecule has 170 valence electrons. The van der Waals surface area contributed by atoms with E-state index in [9.17, 15) is 13.2 Å². The van der Waals surface area contributed by atoms with Crippen LogP contribution in [0.4, 0.5) is 24.7 Å². The molecular weight excluding hydrogens is 429 g/mol. The van der Waals surface area contributed by atoms with Crippen LogP contribution >= 0.6 is 0 Å². The molecule has 2 aliphatic rings. The Hall–Kier alpha value is -3.62. The van der Waals surface area contributed by atoms with E-state index < -0.39 is 11.7 Å². The van der Waals surface area contributed by atoms with Crippen molar-refractivity contribution in [1.82, 2.24) is 19.7 Å². The number of pyridine rings is 1. The Morgan fingerprint density at radius 3 is 2.48 bits per heavy atom. The van der Waals surface area contributed by atoms with Crippen molar-refractivity contribution < 1.29 is 13.2 Å². The molecule has 0 saturated heterocycles. The first kappa shape index (κ1) is 21.2. The van der Waals surface area contributed by atoms with E-state index in [0.29, 0.717) is 24.5 Å². The molecule has 2 N–H and O–H groups in total. The van der Waals surface area contributed by atoms with Gasteiger partial charge in [-0.05, 0) is 60.5 Å². The number of benzene rings is 1. The van der Waals surface area contributed by atoms with E-state index in [1.807, 2.05) is 13.0 Å². The molecule has 0 radical (unpaired) electrons. The van der Waals surface area contributed by atoms with E-state index in [-0.39, 0.29) is 12.0 Å². The zero-order chi connectivity index (χ0) is 23.3. The van der Waals surface area contributed by atoms with E-state index in [1.165, 1.54) is 12.1 Å². The van der Waals surface area contributed by atoms with Gasteiger partial charge >= 0.3 is 6.18 Å². The second-order valence-electron chi connectivity index (χ2n) is 8.45. The topological polar surface area (TPSA) is 72.9 Å². The van der Waals surface area contributed by atoms with Crippen LogP contribution in [0.25, 0.3) is 5.57 Å². The van der Waals surface area contributed by atoms with Crippen molar-refractivity contribution in [3.05, 3.63) is 83.2 Å². The maximum absolute atomic E-state index is 13.1. The van der Waals surface area contributed by atoms with Crippen molar-refractivity contribution in [2.24, 2.45) is 5.92 Å². The minimum atomic E-state index is -4.37. The number of nitrogens with zero attached hydrogens (tertiary/aromatic N) is 5. The monoisotopic (exact) mass is 452 g/mol. The number of nitrogens with two attached hydrogens (primary N) is 1. The number of aromatic nitrogens is 4. The van der Waals surface area contributed by atoms with Crippen LogP contribution < -0.4 is 10.6 Å². The maximum Gasteiger partial charge on any atom is 0.416 e. The number of allylic oxidation sites excluding steroid dienone is 4. The third kappa shape index (κ3) is 3.77. The highest BCUT2D eigenvalue weighted by molar-refractivity contribution is 5.78. The van der Waals surface area contributed by atoms with E-state index in [4.69, 9.17) is 5.73 Å². The summed E-state index contributed by atoms with van der Waals surface area (Å²) in [5, 5.41) is 8.66. The molecule has 33 heavy (non-hydrogen) atoms. The summed E-state index contributed by atoms with van der Waals surface area (Å²) in [4.78, 5) is 6.31. The number of halogens is 3. The fraction of sp³-hybridized carbons (Fsp3) is 0.292. The van der Waals surface area contributed by atoms with Crippen molar-refractivity contribution in [2.75, 3.05) is 17.2 Å². The van der Waals surface area contributed by atoms with Crippen molar-refractivity contribution in [3.8, 4) is 0 Å². The van der Waals surface area contributed by atoms with Crippen LogP contribution in [0, 0.1) is 12.8 Å². The third-order valence-corrected chi connectivity index (χ3v) is 6.26. The zero-order valence-electron chi connectivity index (χ0n) is 18.2. The normalized spacial score (nSPS) is 20.5. The average molecular weight is 452 g/mol. The van der Waals surface area contributed by atoms with E-state index >= 15 is 0 Å². The number of rotatable bonds is 2. The molecule has 1 aliphatic carbocycles. The van der Waals surface area contributed by atoms with Gasteiger partial charge < -0.3 is 15.2 Å². The Kier molecular flexibility index (Phi) is 4.99. The molecule has 2 unspecified atom stereocenters. The second kappa shape index (κ2) is 7.75. The van der Waals surface area contributed by atoms with Crippen LogP contribution in [-0.2, 0) is 12.6 Å². The van der Waals surface area contributed by atoms with Crippen LogP contribution in [0.15, 0.2) is 60.4 Å². The highest BCUT2D eigenvalue weighted by Gasteiger charge is 2.36. The van der Waals surface area contributed by atoms with Gasteiger partial charge in [0.25, 0.3) is 0 Å². The number of hydrogen-bond acceptors (Lipinski definition) is 5. The first-order valence-corrected chi connectivity index (χ1v) is 10.7. The summed E-state index contributed by atoms with van der Waals surface area (Å²) in [6, 6.07) is 8.94. The van der Waals surface area contributed by atoms with Gasteiger partial charge in [0.1, 0.15) is 17.5 Å². The predicted octanol–water partition coefficient (Wildman–Crippen LogP) is 4.80. The molecule has 9 heteroatoms. The molecule has 1 aromatic carbocycles. The van der Waals surface area contributed by atoms with Gasteiger partial charge in [0.2, 0.25) is 0 Å². The van der Waals surface area contributed by atoms with Crippen LogP contribution in [-0.4, -0.2) is 26.3 Å². The first-order chi connectivity index (χ1) is 15.7. The van der Waals surface area contributed by atoms with Crippen molar-refractivity contribution in [2.45, 2.75) is 32.5 Å². The van der Waals surface area contributed by atoms with Crippen LogP contribution in [0.1, 0.15) is 35.7 Å². The first-order valence-electron chi connectivity index (χ1n) is 10.7. The molecule has 3 heterocycles. The molecule has 0 saturated carbocycles. The van der Waals surface area contributed by atoms with Crippen molar-refractivity contribution in [1.29, 1.82) is 0 Å². The Morgan fingerprint density at radius 1 is 1.06 bits per heavy atom. The molecule has 0 amide bonds. The average Bonchev–Trinajstić information content (AvgIpc) is 3.04. The largest absolute Gasteiger partial charge is 0.416 e. The van der Waals surface area contributed by atoms with Gasteiger partial charge in [-0.15, -0.1) is 10.2 Å². The molecule has 0 spiro atoms. The SMILES string of the molecule is Cc1nnc2n1C1C(=CC(c3ccc(N)nc3)=CC1C)N(c1ccc(C(F)(F)F)cc1)CC2. The lowest BCUT2D eigenvalue weighted by atomic mass is 9.86. The fourth-order valence-electron chi connectivity index (χ4n) is 4.69. The van der Waals surface area contributed by atoms with Crippen LogP contribution in [0.3, 0.4) is 0 Å². The van der Waals surface area contributed by atoms with Gasteiger partial charge in [-0.1, -0.05) is 13.0 Å². The van der Waals surface area contributed by atoms with Crippen molar-refractivity contribution in [3.63, 3.8) is 0 Å². The maximum atomic E-state index is 13.1. The van der Waals surface area contributed by atoms with Crippen LogP contribution in [0.5, 0.6) is 0 Å². The standard InChI is InChI=1S/C24H23F3N6/c1-14-11-17(16-3-8-21(28)29-13-16)12-20-23(14)33-15(2)30-31-22(33)9-10-32(20)19-6-4-18(5-7-19)24(25,26)27/h3-8,11-14,23H,9-10H2,1-2H3,(H2,28,29). The molecule has 2 atom stereocenters. The summed E-state index contributed by atoms with van der Waals surface area (Å²) < 4.78 is 41.5. The summed E-state index contributed by atoms with van der Waals surface area (Å²) in [5.41, 5.74) is 8.71. The van der Waals surface area contributed by atoms with Gasteiger partial charge in [0.05, 0.1) is 11.6 Å². The lowest BCUT2D eigenvalue weighted by molar-refractivity contribution is -0.137. The fourth-order valence-corrected chi connectivity index (χ4v) is 4.69. The van der Waals surface area contributed by atoms with Gasteiger partial charge in [0, 0.05) is 36.5 Å². The molecule has 3 aromatic rings. The minimum Gasteiger partial charge on any atom is -0.384 e. The molecule has 0 fully saturated rings. The quantitative estimate of drug-likeness (QED) is 0.605. The van der Waals surface area contributed by atoms with Crippen molar-refractivity contribution >= 4 is 17.1 Å². The van der Waals surface area contributed by atoms with E-state index in [1.54, 1.807) is 12.3 Å². The van der Waals surface area contributed by atoms with Gasteiger partial charge in [-0.2, -0.15) is 13.2 Å². The number of aryl methyl sites for hydroxylation is 1. The number of fused-ring (bicyclic) bond motifs is 3. The lowest BCUT2D eigenvalue weighted by Crippen LogP contribution is -2.32. The minimum absolute atomic E-state index is 0.0784. The Morgan fingerprint density at radius 2 is 1.82 bits per heavy atom.